The number of hydrogen-bond donors (Lipinski definition) is 2. The quantitative estimate of drug-likeness (QED) is 0.768. The number of thioether (sulfide) groups is 1. The zero-order valence-corrected chi connectivity index (χ0v) is 14.5. The molecule has 1 unspecified atom stereocenters. The Bertz CT molecular complexity index is 616. The first-order valence-corrected chi connectivity index (χ1v) is 9.00. The molecule has 0 aromatic heterocycles. The van der Waals surface area contributed by atoms with Crippen molar-refractivity contribution in [1.82, 2.24) is 5.32 Å². The van der Waals surface area contributed by atoms with Gasteiger partial charge in [-0.2, -0.15) is 0 Å². The molecule has 2 aromatic carbocycles. The molecule has 0 saturated heterocycles. The van der Waals surface area contributed by atoms with E-state index in [1.54, 1.807) is 11.8 Å². The van der Waals surface area contributed by atoms with E-state index in [0.29, 0.717) is 0 Å². The molecular weight excluding hydrogens is 304 g/mol. The molecule has 2 rings (SSSR count). The predicted octanol–water partition coefficient (Wildman–Crippen LogP) is 4.06. The Labute approximate surface area is 142 Å². The number of rotatable bonds is 8. The van der Waals surface area contributed by atoms with Gasteiger partial charge < -0.3 is 10.6 Å². The maximum absolute atomic E-state index is 12.3. The number of amides is 1. The fourth-order valence-electron chi connectivity index (χ4n) is 2.14. The topological polar surface area (TPSA) is 41.1 Å². The van der Waals surface area contributed by atoms with Crippen LogP contribution in [0.3, 0.4) is 0 Å². The summed E-state index contributed by atoms with van der Waals surface area (Å²) in [5.41, 5.74) is 3.27. The van der Waals surface area contributed by atoms with Gasteiger partial charge in [0.25, 0.3) is 0 Å². The van der Waals surface area contributed by atoms with Crippen LogP contribution in [0.25, 0.3) is 0 Å². The van der Waals surface area contributed by atoms with Crippen LogP contribution >= 0.6 is 11.8 Å². The second kappa shape index (κ2) is 9.38. The summed E-state index contributed by atoms with van der Waals surface area (Å²) in [6.45, 7) is 5.78. The van der Waals surface area contributed by atoms with E-state index in [1.807, 2.05) is 43.3 Å². The molecule has 0 bridgehead atoms. The summed E-state index contributed by atoms with van der Waals surface area (Å²) < 4.78 is 0. The fourth-order valence-corrected chi connectivity index (χ4v) is 2.99. The molecule has 0 aliphatic heterocycles. The van der Waals surface area contributed by atoms with Crippen LogP contribution in [0.5, 0.6) is 0 Å². The summed E-state index contributed by atoms with van der Waals surface area (Å²) in [5.74, 6) is 0.891. The van der Waals surface area contributed by atoms with Crippen LogP contribution in [0.1, 0.15) is 25.0 Å². The number of carbonyl (C=O) groups is 1. The van der Waals surface area contributed by atoms with Crippen LogP contribution in [-0.2, 0) is 17.1 Å². The minimum atomic E-state index is -0.0902. The molecule has 4 heteroatoms. The van der Waals surface area contributed by atoms with Crippen molar-refractivity contribution in [3.63, 3.8) is 0 Å². The third-order valence-electron chi connectivity index (χ3n) is 3.49. The van der Waals surface area contributed by atoms with Crippen molar-refractivity contribution >= 4 is 23.4 Å². The predicted molar refractivity (Wildman–Crippen MR) is 99.7 cm³/mol. The molecule has 0 spiro atoms. The Morgan fingerprint density at radius 2 is 1.83 bits per heavy atom. The molecule has 0 fully saturated rings. The third-order valence-corrected chi connectivity index (χ3v) is 4.70. The van der Waals surface area contributed by atoms with Gasteiger partial charge in [-0.15, -0.1) is 11.8 Å². The third kappa shape index (κ3) is 6.08. The number of hydrogen-bond acceptors (Lipinski definition) is 3. The van der Waals surface area contributed by atoms with Gasteiger partial charge >= 0.3 is 0 Å². The first-order chi connectivity index (χ1) is 11.2. The number of anilines is 1. The maximum atomic E-state index is 12.3. The highest BCUT2D eigenvalue weighted by molar-refractivity contribution is 7.99. The molecule has 2 aromatic rings. The molecule has 0 aliphatic carbocycles. The van der Waals surface area contributed by atoms with E-state index < -0.39 is 0 Å². The lowest BCUT2D eigenvalue weighted by Crippen LogP contribution is -2.22. The van der Waals surface area contributed by atoms with Gasteiger partial charge in [-0.25, -0.2) is 0 Å². The summed E-state index contributed by atoms with van der Waals surface area (Å²) in [6, 6.07) is 18.2. The van der Waals surface area contributed by atoms with Crippen molar-refractivity contribution in [2.45, 2.75) is 31.4 Å². The molecule has 2 N–H and O–H groups in total. The average molecular weight is 328 g/mol. The molecule has 0 saturated carbocycles. The van der Waals surface area contributed by atoms with Gasteiger partial charge in [-0.05, 0) is 36.7 Å². The lowest BCUT2D eigenvalue weighted by Gasteiger charge is -2.13. The number of benzene rings is 2. The van der Waals surface area contributed by atoms with Crippen LogP contribution in [-0.4, -0.2) is 17.7 Å². The van der Waals surface area contributed by atoms with Crippen LogP contribution in [0, 0.1) is 0 Å². The lowest BCUT2D eigenvalue weighted by molar-refractivity contribution is -0.115. The van der Waals surface area contributed by atoms with Gasteiger partial charge in [-0.1, -0.05) is 49.4 Å². The standard InChI is InChI=1S/C19H24N2OS/c1-3-20-13-17-10-7-11-18(12-17)21-19(22)15(2)23-14-16-8-5-4-6-9-16/h4-12,15,20H,3,13-14H2,1-2H3,(H,21,22). The Hall–Kier alpha value is -1.78. The Morgan fingerprint density at radius 3 is 2.57 bits per heavy atom. The van der Waals surface area contributed by atoms with Crippen LogP contribution in [0.2, 0.25) is 0 Å². The molecule has 23 heavy (non-hydrogen) atoms. The van der Waals surface area contributed by atoms with Crippen molar-refractivity contribution in [1.29, 1.82) is 0 Å². The zero-order chi connectivity index (χ0) is 16.5. The molecule has 1 atom stereocenters. The highest BCUT2D eigenvalue weighted by Gasteiger charge is 2.13. The van der Waals surface area contributed by atoms with Crippen molar-refractivity contribution in [3.8, 4) is 0 Å². The zero-order valence-electron chi connectivity index (χ0n) is 13.7. The van der Waals surface area contributed by atoms with E-state index in [2.05, 4.69) is 35.8 Å². The van der Waals surface area contributed by atoms with E-state index in [9.17, 15) is 4.79 Å². The van der Waals surface area contributed by atoms with Crippen LogP contribution < -0.4 is 10.6 Å². The summed E-state index contributed by atoms with van der Waals surface area (Å²) >= 11 is 1.65. The second-order valence-electron chi connectivity index (χ2n) is 5.41. The normalized spacial score (nSPS) is 11.9. The van der Waals surface area contributed by atoms with Gasteiger partial charge in [0, 0.05) is 18.0 Å². The minimum Gasteiger partial charge on any atom is -0.325 e. The van der Waals surface area contributed by atoms with E-state index in [1.165, 1.54) is 11.1 Å². The molecule has 1 amide bonds. The van der Waals surface area contributed by atoms with Gasteiger partial charge in [0.1, 0.15) is 0 Å². The largest absolute Gasteiger partial charge is 0.325 e. The molecule has 0 aliphatic rings. The SMILES string of the molecule is CCNCc1cccc(NC(=O)C(C)SCc2ccccc2)c1. The van der Waals surface area contributed by atoms with Crippen LogP contribution in [0.15, 0.2) is 54.6 Å². The minimum absolute atomic E-state index is 0.0477. The smallest absolute Gasteiger partial charge is 0.237 e. The lowest BCUT2D eigenvalue weighted by atomic mass is 10.2. The molecule has 0 heterocycles. The van der Waals surface area contributed by atoms with E-state index in [0.717, 1.165) is 24.5 Å². The fraction of sp³-hybridized carbons (Fsp3) is 0.316. The van der Waals surface area contributed by atoms with Crippen molar-refractivity contribution in [2.24, 2.45) is 0 Å². The summed E-state index contributed by atoms with van der Waals surface area (Å²) in [5, 5.41) is 6.21. The van der Waals surface area contributed by atoms with E-state index in [-0.39, 0.29) is 11.2 Å². The van der Waals surface area contributed by atoms with Crippen molar-refractivity contribution in [2.75, 3.05) is 11.9 Å². The van der Waals surface area contributed by atoms with Gasteiger partial charge in [0.15, 0.2) is 0 Å². The van der Waals surface area contributed by atoms with Gasteiger partial charge in [0.2, 0.25) is 5.91 Å². The molecule has 3 nitrogen and oxygen atoms in total. The Kier molecular flexibility index (Phi) is 7.17. The first kappa shape index (κ1) is 17.6. The Balaban J connectivity index is 1.85. The number of carbonyl (C=O) groups excluding carboxylic acids is 1. The maximum Gasteiger partial charge on any atom is 0.237 e. The second-order valence-corrected chi connectivity index (χ2v) is 6.74. The monoisotopic (exact) mass is 328 g/mol. The summed E-state index contributed by atoms with van der Waals surface area (Å²) in [4.78, 5) is 12.3. The average Bonchev–Trinajstić information content (AvgIpc) is 2.59. The van der Waals surface area contributed by atoms with E-state index in [4.69, 9.17) is 0 Å². The highest BCUT2D eigenvalue weighted by Crippen LogP contribution is 2.19. The van der Waals surface area contributed by atoms with Crippen LogP contribution in [0.4, 0.5) is 5.69 Å². The molecule has 0 radical (unpaired) electrons. The van der Waals surface area contributed by atoms with Crippen molar-refractivity contribution < 1.29 is 4.79 Å². The first-order valence-electron chi connectivity index (χ1n) is 7.95. The molecule has 122 valence electrons. The van der Waals surface area contributed by atoms with E-state index >= 15 is 0 Å². The molecular formula is C19H24N2OS. The van der Waals surface area contributed by atoms with Gasteiger partial charge in [0.05, 0.1) is 5.25 Å². The number of nitrogens with one attached hydrogen (secondary N) is 2. The summed E-state index contributed by atoms with van der Waals surface area (Å²) in [6.07, 6.45) is 0. The summed E-state index contributed by atoms with van der Waals surface area (Å²) in [7, 11) is 0. The highest BCUT2D eigenvalue weighted by atomic mass is 32.2. The Morgan fingerprint density at radius 1 is 1.09 bits per heavy atom. The van der Waals surface area contributed by atoms with Gasteiger partial charge in [-0.3, -0.25) is 4.79 Å². The van der Waals surface area contributed by atoms with Crippen molar-refractivity contribution in [3.05, 3.63) is 65.7 Å².